The van der Waals surface area contributed by atoms with Gasteiger partial charge in [0.05, 0.1) is 12.1 Å². The molecule has 1 aromatic heterocycles. The third-order valence-corrected chi connectivity index (χ3v) is 3.97. The zero-order valence-corrected chi connectivity index (χ0v) is 12.3. The van der Waals surface area contributed by atoms with Crippen LogP contribution in [0.3, 0.4) is 0 Å². The monoisotopic (exact) mass is 265 g/mol. The van der Waals surface area contributed by atoms with Gasteiger partial charge >= 0.3 is 0 Å². The molecule has 0 spiro atoms. The first-order valence-electron chi connectivity index (χ1n) is 6.52. The number of nitrogens with zero attached hydrogens (tertiary/aromatic N) is 2. The Bertz CT molecular complexity index is 367. The molecular weight excluding hydrogens is 242 g/mol. The molecule has 3 nitrogen and oxygen atoms in total. The predicted molar refractivity (Wildman–Crippen MR) is 77.4 cm³/mol. The van der Waals surface area contributed by atoms with E-state index < -0.39 is 0 Å². The highest BCUT2D eigenvalue weighted by Gasteiger charge is 2.27. The molecule has 0 amide bonds. The lowest BCUT2D eigenvalue weighted by molar-refractivity contribution is 0.133. The van der Waals surface area contributed by atoms with Crippen LogP contribution < -0.4 is 5.73 Å². The third-order valence-electron chi connectivity index (χ3n) is 3.26. The Morgan fingerprint density at radius 2 is 2.22 bits per heavy atom. The van der Waals surface area contributed by atoms with Crippen molar-refractivity contribution in [2.45, 2.75) is 51.7 Å². The zero-order valence-electron chi connectivity index (χ0n) is 11.5. The summed E-state index contributed by atoms with van der Waals surface area (Å²) in [6, 6.07) is 5.09. The van der Waals surface area contributed by atoms with Gasteiger partial charge in [-0.25, -0.2) is 0 Å². The first kappa shape index (κ1) is 15.2. The van der Waals surface area contributed by atoms with Crippen LogP contribution in [-0.2, 0) is 0 Å². The van der Waals surface area contributed by atoms with Crippen molar-refractivity contribution in [3.8, 4) is 6.07 Å². The Balaban J connectivity index is 2.95. The SMILES string of the molecule is CCC(N)C(c1ccsc1)N(CCC#N)C(C)C. The topological polar surface area (TPSA) is 53.0 Å². The van der Waals surface area contributed by atoms with E-state index in [-0.39, 0.29) is 12.1 Å². The number of nitrogens with two attached hydrogens (primary N) is 1. The van der Waals surface area contributed by atoms with E-state index in [0.717, 1.165) is 13.0 Å². The molecule has 4 heteroatoms. The highest BCUT2D eigenvalue weighted by molar-refractivity contribution is 7.07. The van der Waals surface area contributed by atoms with Gasteiger partial charge in [-0.05, 0) is 42.7 Å². The molecule has 1 heterocycles. The average Bonchev–Trinajstić information content (AvgIpc) is 2.86. The van der Waals surface area contributed by atoms with Crippen molar-refractivity contribution in [1.82, 2.24) is 4.90 Å². The molecule has 0 aromatic carbocycles. The lowest BCUT2D eigenvalue weighted by Gasteiger charge is -2.37. The maximum absolute atomic E-state index is 8.80. The van der Waals surface area contributed by atoms with Gasteiger partial charge in [0.25, 0.3) is 0 Å². The summed E-state index contributed by atoms with van der Waals surface area (Å²) < 4.78 is 0. The summed E-state index contributed by atoms with van der Waals surface area (Å²) in [7, 11) is 0. The summed E-state index contributed by atoms with van der Waals surface area (Å²) in [5.74, 6) is 0. The van der Waals surface area contributed by atoms with E-state index >= 15 is 0 Å². The molecule has 2 unspecified atom stereocenters. The van der Waals surface area contributed by atoms with Crippen LogP contribution in [0.2, 0.25) is 0 Å². The van der Waals surface area contributed by atoms with E-state index in [2.05, 4.69) is 48.6 Å². The van der Waals surface area contributed by atoms with Gasteiger partial charge in [-0.2, -0.15) is 16.6 Å². The second-order valence-corrected chi connectivity index (χ2v) is 5.59. The maximum atomic E-state index is 8.80. The number of nitriles is 1. The molecule has 0 aliphatic rings. The third kappa shape index (κ3) is 3.81. The van der Waals surface area contributed by atoms with Gasteiger partial charge in [0, 0.05) is 25.0 Å². The Hall–Kier alpha value is -0.890. The fourth-order valence-corrected chi connectivity index (χ4v) is 2.94. The first-order chi connectivity index (χ1) is 8.61. The van der Waals surface area contributed by atoms with Crippen LogP contribution in [0.4, 0.5) is 0 Å². The van der Waals surface area contributed by atoms with Gasteiger partial charge < -0.3 is 5.73 Å². The van der Waals surface area contributed by atoms with Crippen LogP contribution in [-0.4, -0.2) is 23.5 Å². The number of hydrogen-bond donors (Lipinski definition) is 1. The minimum Gasteiger partial charge on any atom is -0.326 e. The molecule has 0 radical (unpaired) electrons. The van der Waals surface area contributed by atoms with Crippen LogP contribution >= 0.6 is 11.3 Å². The van der Waals surface area contributed by atoms with E-state index in [9.17, 15) is 0 Å². The molecule has 1 rings (SSSR count). The summed E-state index contributed by atoms with van der Waals surface area (Å²) in [5, 5.41) is 13.1. The number of thiophene rings is 1. The fourth-order valence-electron chi connectivity index (χ4n) is 2.25. The van der Waals surface area contributed by atoms with Crippen LogP contribution in [0.1, 0.15) is 45.2 Å². The van der Waals surface area contributed by atoms with E-state index in [1.165, 1.54) is 5.56 Å². The second-order valence-electron chi connectivity index (χ2n) is 4.81. The largest absolute Gasteiger partial charge is 0.326 e. The second kappa shape index (κ2) is 7.52. The first-order valence-corrected chi connectivity index (χ1v) is 7.46. The predicted octanol–water partition coefficient (Wildman–Crippen LogP) is 3.15. The summed E-state index contributed by atoms with van der Waals surface area (Å²) in [6.07, 6.45) is 1.49. The zero-order chi connectivity index (χ0) is 13.5. The summed E-state index contributed by atoms with van der Waals surface area (Å²) in [4.78, 5) is 2.35. The smallest absolute Gasteiger partial charge is 0.0635 e. The molecule has 0 aliphatic heterocycles. The van der Waals surface area contributed by atoms with E-state index in [1.54, 1.807) is 11.3 Å². The molecule has 18 heavy (non-hydrogen) atoms. The van der Waals surface area contributed by atoms with Gasteiger partial charge in [-0.3, -0.25) is 4.90 Å². The molecule has 0 fully saturated rings. The molecule has 0 aliphatic carbocycles. The van der Waals surface area contributed by atoms with Crippen LogP contribution in [0.5, 0.6) is 0 Å². The van der Waals surface area contributed by atoms with Crippen molar-refractivity contribution in [3.05, 3.63) is 22.4 Å². The van der Waals surface area contributed by atoms with Gasteiger partial charge in [0.15, 0.2) is 0 Å². The summed E-state index contributed by atoms with van der Waals surface area (Å²) in [5.41, 5.74) is 7.58. The van der Waals surface area contributed by atoms with Crippen molar-refractivity contribution < 1.29 is 0 Å². The average molecular weight is 265 g/mol. The van der Waals surface area contributed by atoms with Crippen molar-refractivity contribution >= 4 is 11.3 Å². The lowest BCUT2D eigenvalue weighted by Crippen LogP contribution is -2.44. The molecule has 0 saturated carbocycles. The van der Waals surface area contributed by atoms with Crippen LogP contribution in [0, 0.1) is 11.3 Å². The summed E-state index contributed by atoms with van der Waals surface area (Å²) >= 11 is 1.70. The normalized spacial score (nSPS) is 14.7. The van der Waals surface area contributed by atoms with E-state index in [1.807, 2.05) is 0 Å². The molecule has 2 atom stereocenters. The maximum Gasteiger partial charge on any atom is 0.0635 e. The molecule has 0 saturated heterocycles. The number of hydrogen-bond acceptors (Lipinski definition) is 4. The molecular formula is C14H23N3S. The van der Waals surface area contributed by atoms with E-state index in [4.69, 9.17) is 11.0 Å². The van der Waals surface area contributed by atoms with Crippen molar-refractivity contribution in [2.75, 3.05) is 6.54 Å². The lowest BCUT2D eigenvalue weighted by atomic mass is 9.97. The highest BCUT2D eigenvalue weighted by Crippen LogP contribution is 2.28. The van der Waals surface area contributed by atoms with Crippen LogP contribution in [0.25, 0.3) is 0 Å². The van der Waals surface area contributed by atoms with E-state index in [0.29, 0.717) is 12.5 Å². The van der Waals surface area contributed by atoms with Gasteiger partial charge in [0.1, 0.15) is 0 Å². The van der Waals surface area contributed by atoms with Gasteiger partial charge in [-0.1, -0.05) is 6.92 Å². The van der Waals surface area contributed by atoms with Gasteiger partial charge in [-0.15, -0.1) is 0 Å². The van der Waals surface area contributed by atoms with Crippen molar-refractivity contribution in [3.63, 3.8) is 0 Å². The van der Waals surface area contributed by atoms with Crippen molar-refractivity contribution in [1.29, 1.82) is 5.26 Å². The molecule has 2 N–H and O–H groups in total. The molecule has 0 bridgehead atoms. The summed E-state index contributed by atoms with van der Waals surface area (Å²) in [6.45, 7) is 7.23. The quantitative estimate of drug-likeness (QED) is 0.824. The number of rotatable bonds is 7. The Morgan fingerprint density at radius 3 is 2.67 bits per heavy atom. The van der Waals surface area contributed by atoms with Gasteiger partial charge in [0.2, 0.25) is 0 Å². The minimum absolute atomic E-state index is 0.112. The Kier molecular flexibility index (Phi) is 6.34. The Morgan fingerprint density at radius 1 is 1.50 bits per heavy atom. The molecule has 1 aromatic rings. The fraction of sp³-hybridized carbons (Fsp3) is 0.643. The Labute approximate surface area is 114 Å². The minimum atomic E-state index is 0.112. The van der Waals surface area contributed by atoms with Crippen LogP contribution in [0.15, 0.2) is 16.8 Å². The standard InChI is InChI=1S/C14H23N3S/c1-4-13(16)14(12-6-9-18-10-12)17(11(2)3)8-5-7-15/h6,9-11,13-14H,4-5,8,16H2,1-3H3. The molecule has 100 valence electrons. The van der Waals surface area contributed by atoms with Crippen molar-refractivity contribution in [2.24, 2.45) is 5.73 Å². The highest BCUT2D eigenvalue weighted by atomic mass is 32.1.